The summed E-state index contributed by atoms with van der Waals surface area (Å²) >= 11 is 0. The quantitative estimate of drug-likeness (QED) is 0.557. The Hall–Kier alpha value is -1.26. The summed E-state index contributed by atoms with van der Waals surface area (Å²) in [5, 5.41) is 8.21. The van der Waals surface area contributed by atoms with E-state index in [-0.39, 0.29) is 18.9 Å². The molecule has 0 spiro atoms. The molecule has 0 aliphatic heterocycles. The van der Waals surface area contributed by atoms with E-state index < -0.39 is 12.1 Å². The van der Waals surface area contributed by atoms with E-state index in [1.807, 2.05) is 0 Å². The molecule has 0 aromatic rings. The predicted octanol–water partition coefficient (Wildman–Crippen LogP) is 2.92. The molecule has 0 bridgehead atoms. The first kappa shape index (κ1) is 12.7. The summed E-state index contributed by atoms with van der Waals surface area (Å²) in [5.74, 6) is -0.952. The summed E-state index contributed by atoms with van der Waals surface area (Å²) in [7, 11) is 0. The van der Waals surface area contributed by atoms with Crippen LogP contribution in [0.1, 0.15) is 19.3 Å². The molecule has 0 amide bonds. The zero-order valence-corrected chi connectivity index (χ0v) is 7.42. The van der Waals surface area contributed by atoms with Crippen LogP contribution in [0.2, 0.25) is 0 Å². The molecule has 0 aromatic carbocycles. The minimum atomic E-state index is -4.26. The maximum Gasteiger partial charge on any atom is 0.409 e. The van der Waals surface area contributed by atoms with Gasteiger partial charge in [0.2, 0.25) is 0 Å². The van der Waals surface area contributed by atoms with Crippen molar-refractivity contribution in [2.24, 2.45) is 0 Å². The Morgan fingerprint density at radius 2 is 1.71 bits per heavy atom. The highest BCUT2D eigenvalue weighted by atomic mass is 19.4. The number of hydrogen-bond acceptors (Lipinski definition) is 1. The number of unbranched alkanes of at least 4 members (excludes halogenated alkanes) is 1. The first-order valence-electron chi connectivity index (χ1n) is 4.03. The third-order valence-corrected chi connectivity index (χ3v) is 1.27. The van der Waals surface area contributed by atoms with Crippen molar-refractivity contribution in [1.82, 2.24) is 0 Å². The Kier molecular flexibility index (Phi) is 5.67. The Morgan fingerprint density at radius 3 is 2.21 bits per heavy atom. The minimum absolute atomic E-state index is 0.0943. The zero-order chi connectivity index (χ0) is 11.0. The van der Waals surface area contributed by atoms with Gasteiger partial charge in [-0.05, 0) is 12.8 Å². The molecule has 0 aliphatic rings. The molecule has 5 heteroatoms. The topological polar surface area (TPSA) is 37.3 Å². The van der Waals surface area contributed by atoms with E-state index in [1.165, 1.54) is 6.08 Å². The molecule has 1 N–H and O–H groups in total. The van der Waals surface area contributed by atoms with Crippen molar-refractivity contribution in [2.45, 2.75) is 25.4 Å². The monoisotopic (exact) mass is 208 g/mol. The average Bonchev–Trinajstić information content (AvgIpc) is 2.00. The largest absolute Gasteiger partial charge is 0.481 e. The molecule has 0 fully saturated rings. The SMILES string of the molecule is O=C(O)C/C=C/CC/C=C/C(F)(F)F. The van der Waals surface area contributed by atoms with Crippen LogP contribution in [0, 0.1) is 0 Å². The number of alkyl halides is 3. The van der Waals surface area contributed by atoms with Gasteiger partial charge in [0.25, 0.3) is 0 Å². The van der Waals surface area contributed by atoms with Crippen LogP contribution < -0.4 is 0 Å². The van der Waals surface area contributed by atoms with Gasteiger partial charge >= 0.3 is 12.1 Å². The Balaban J connectivity index is 3.51. The molecule has 0 atom stereocenters. The molecule has 0 unspecified atom stereocenters. The van der Waals surface area contributed by atoms with Crippen LogP contribution in [0.3, 0.4) is 0 Å². The van der Waals surface area contributed by atoms with Crippen LogP contribution in [0.4, 0.5) is 13.2 Å². The second kappa shape index (κ2) is 6.23. The van der Waals surface area contributed by atoms with Crippen molar-refractivity contribution in [3.63, 3.8) is 0 Å². The molecular formula is C9H11F3O2. The smallest absolute Gasteiger partial charge is 0.409 e. The lowest BCUT2D eigenvalue weighted by molar-refractivity contribution is -0.136. The molecule has 0 saturated heterocycles. The third kappa shape index (κ3) is 10.7. The van der Waals surface area contributed by atoms with Crippen molar-refractivity contribution < 1.29 is 23.1 Å². The number of hydrogen-bond donors (Lipinski definition) is 1. The number of carboxylic acids is 1. The van der Waals surface area contributed by atoms with Gasteiger partial charge in [-0.3, -0.25) is 4.79 Å². The number of rotatable bonds is 5. The van der Waals surface area contributed by atoms with Gasteiger partial charge in [0.1, 0.15) is 0 Å². The molecule has 0 heterocycles. The molecule has 0 aliphatic carbocycles. The fraction of sp³-hybridized carbons (Fsp3) is 0.444. The van der Waals surface area contributed by atoms with E-state index in [4.69, 9.17) is 5.11 Å². The molecular weight excluding hydrogens is 197 g/mol. The van der Waals surface area contributed by atoms with E-state index in [2.05, 4.69) is 0 Å². The minimum Gasteiger partial charge on any atom is -0.481 e. The number of allylic oxidation sites excluding steroid dienone is 3. The van der Waals surface area contributed by atoms with Crippen LogP contribution >= 0.6 is 0 Å². The highest BCUT2D eigenvalue weighted by molar-refractivity contribution is 5.68. The summed E-state index contributed by atoms with van der Waals surface area (Å²) in [6.45, 7) is 0. The molecule has 0 rings (SSSR count). The highest BCUT2D eigenvalue weighted by Crippen LogP contribution is 2.16. The molecule has 80 valence electrons. The standard InChI is InChI=1S/C9H11F3O2/c10-9(11,12)7-5-3-1-2-4-6-8(13)14/h2,4-5,7H,1,3,6H2,(H,13,14)/b4-2+,7-5+. The fourth-order valence-electron chi connectivity index (χ4n) is 0.711. The summed E-state index contributed by atoms with van der Waals surface area (Å²) in [6, 6.07) is 0. The summed E-state index contributed by atoms with van der Waals surface area (Å²) in [5.41, 5.74) is 0. The Labute approximate surface area is 79.7 Å². The maximum absolute atomic E-state index is 11.6. The van der Waals surface area contributed by atoms with E-state index in [0.29, 0.717) is 6.42 Å². The van der Waals surface area contributed by atoms with Crippen LogP contribution in [-0.2, 0) is 4.79 Å². The first-order chi connectivity index (χ1) is 6.42. The lowest BCUT2D eigenvalue weighted by Crippen LogP contribution is -2.00. The normalized spacial score (nSPS) is 12.8. The molecule has 0 aromatic heterocycles. The summed E-state index contributed by atoms with van der Waals surface area (Å²) in [4.78, 5) is 10.0. The van der Waals surface area contributed by atoms with Gasteiger partial charge in [-0.1, -0.05) is 18.2 Å². The maximum atomic E-state index is 11.6. The van der Waals surface area contributed by atoms with E-state index in [0.717, 1.165) is 6.08 Å². The molecule has 14 heavy (non-hydrogen) atoms. The van der Waals surface area contributed by atoms with Gasteiger partial charge in [-0.25, -0.2) is 0 Å². The number of carboxylic acid groups (broad SMARTS) is 1. The fourth-order valence-corrected chi connectivity index (χ4v) is 0.711. The van der Waals surface area contributed by atoms with E-state index in [1.54, 1.807) is 6.08 Å². The molecule has 0 radical (unpaired) electrons. The number of halogens is 3. The van der Waals surface area contributed by atoms with E-state index >= 15 is 0 Å². The van der Waals surface area contributed by atoms with E-state index in [9.17, 15) is 18.0 Å². The Bertz CT molecular complexity index is 229. The zero-order valence-electron chi connectivity index (χ0n) is 7.42. The first-order valence-corrected chi connectivity index (χ1v) is 4.03. The van der Waals surface area contributed by atoms with Gasteiger partial charge in [0.05, 0.1) is 6.42 Å². The van der Waals surface area contributed by atoms with Crippen LogP contribution in [0.15, 0.2) is 24.3 Å². The van der Waals surface area contributed by atoms with Gasteiger partial charge in [-0.2, -0.15) is 13.2 Å². The van der Waals surface area contributed by atoms with Gasteiger partial charge in [0.15, 0.2) is 0 Å². The average molecular weight is 208 g/mol. The van der Waals surface area contributed by atoms with Crippen LogP contribution in [0.25, 0.3) is 0 Å². The van der Waals surface area contributed by atoms with Crippen LogP contribution in [0.5, 0.6) is 0 Å². The number of aliphatic carboxylic acids is 1. The van der Waals surface area contributed by atoms with Crippen molar-refractivity contribution in [3.05, 3.63) is 24.3 Å². The summed E-state index contributed by atoms with van der Waals surface area (Å²) in [6.07, 6.45) is 0.491. The third-order valence-electron chi connectivity index (χ3n) is 1.27. The van der Waals surface area contributed by atoms with Gasteiger partial charge in [-0.15, -0.1) is 0 Å². The summed E-state index contributed by atoms with van der Waals surface area (Å²) < 4.78 is 34.7. The Morgan fingerprint density at radius 1 is 1.14 bits per heavy atom. The number of carbonyl (C=O) groups is 1. The molecule has 2 nitrogen and oxygen atoms in total. The lowest BCUT2D eigenvalue weighted by Gasteiger charge is -1.95. The van der Waals surface area contributed by atoms with Crippen molar-refractivity contribution in [2.75, 3.05) is 0 Å². The second-order valence-corrected chi connectivity index (χ2v) is 2.59. The van der Waals surface area contributed by atoms with Crippen molar-refractivity contribution >= 4 is 5.97 Å². The van der Waals surface area contributed by atoms with Crippen molar-refractivity contribution in [3.8, 4) is 0 Å². The molecule has 0 saturated carbocycles. The van der Waals surface area contributed by atoms with Crippen LogP contribution in [-0.4, -0.2) is 17.3 Å². The lowest BCUT2D eigenvalue weighted by atomic mass is 10.2. The van der Waals surface area contributed by atoms with Gasteiger partial charge < -0.3 is 5.11 Å². The second-order valence-electron chi connectivity index (χ2n) is 2.59. The van der Waals surface area contributed by atoms with Gasteiger partial charge in [0, 0.05) is 6.08 Å². The van der Waals surface area contributed by atoms with Crippen molar-refractivity contribution in [1.29, 1.82) is 0 Å². The highest BCUT2D eigenvalue weighted by Gasteiger charge is 2.21. The predicted molar refractivity (Wildman–Crippen MR) is 45.8 cm³/mol.